The molecule has 0 unspecified atom stereocenters. The summed E-state index contributed by atoms with van der Waals surface area (Å²) in [6, 6.07) is 0. The third-order valence-corrected chi connectivity index (χ3v) is 2.01. The number of thioether (sulfide) groups is 1. The predicted molar refractivity (Wildman–Crippen MR) is 57.0 cm³/mol. The lowest BCUT2D eigenvalue weighted by Gasteiger charge is -2.19. The highest BCUT2D eigenvalue weighted by molar-refractivity contribution is 8.14. The minimum Gasteiger partial charge on any atom is -0.444 e. The van der Waals surface area contributed by atoms with Gasteiger partial charge in [0.1, 0.15) is 11.4 Å². The van der Waals surface area contributed by atoms with Crippen molar-refractivity contribution in [2.45, 2.75) is 26.4 Å². The minimum absolute atomic E-state index is 0.219. The summed E-state index contributed by atoms with van der Waals surface area (Å²) in [6.07, 6.45) is -0.522. The Morgan fingerprint density at radius 1 is 1.64 bits per heavy atom. The Morgan fingerprint density at radius 3 is 2.71 bits per heavy atom. The van der Waals surface area contributed by atoms with Crippen molar-refractivity contribution in [1.29, 1.82) is 5.41 Å². The van der Waals surface area contributed by atoms with E-state index < -0.39 is 11.7 Å². The largest absolute Gasteiger partial charge is 0.444 e. The zero-order chi connectivity index (χ0) is 10.8. The SMILES string of the molecule is CC(C)(C)OC(=O)NC1=NC(=N)SC1. The number of alkyl carbamates (subject to hydrolysis) is 1. The molecule has 0 atom stereocenters. The van der Waals surface area contributed by atoms with Gasteiger partial charge in [0.15, 0.2) is 5.17 Å². The van der Waals surface area contributed by atoms with E-state index in [1.807, 2.05) is 0 Å². The number of aliphatic imine (C=N–C) groups is 1. The Labute approximate surface area is 86.8 Å². The van der Waals surface area contributed by atoms with Crippen molar-refractivity contribution < 1.29 is 9.53 Å². The second-order valence-corrected chi connectivity index (χ2v) is 4.74. The highest BCUT2D eigenvalue weighted by Gasteiger charge is 2.19. The second-order valence-electron chi connectivity index (χ2n) is 3.78. The van der Waals surface area contributed by atoms with Crippen molar-refractivity contribution >= 4 is 28.9 Å². The van der Waals surface area contributed by atoms with Crippen LogP contribution in [0.15, 0.2) is 4.99 Å². The molecule has 1 heterocycles. The van der Waals surface area contributed by atoms with Gasteiger partial charge in [-0.25, -0.2) is 9.79 Å². The van der Waals surface area contributed by atoms with Gasteiger partial charge in [-0.2, -0.15) is 0 Å². The zero-order valence-corrected chi connectivity index (χ0v) is 9.20. The first kappa shape index (κ1) is 11.0. The summed E-state index contributed by atoms with van der Waals surface area (Å²) < 4.78 is 5.02. The van der Waals surface area contributed by atoms with Crippen molar-refractivity contribution in [3.8, 4) is 0 Å². The van der Waals surface area contributed by atoms with Gasteiger partial charge in [0.25, 0.3) is 0 Å². The lowest BCUT2D eigenvalue weighted by atomic mass is 10.2. The third-order valence-electron chi connectivity index (χ3n) is 1.23. The van der Waals surface area contributed by atoms with Crippen LogP contribution in [0, 0.1) is 5.41 Å². The van der Waals surface area contributed by atoms with Crippen LogP contribution >= 0.6 is 11.8 Å². The highest BCUT2D eigenvalue weighted by Crippen LogP contribution is 2.12. The van der Waals surface area contributed by atoms with Crippen molar-refractivity contribution in [2.24, 2.45) is 4.99 Å². The van der Waals surface area contributed by atoms with Gasteiger partial charge in [-0.3, -0.25) is 10.7 Å². The van der Waals surface area contributed by atoms with E-state index in [2.05, 4.69) is 10.3 Å². The molecule has 1 amide bonds. The molecule has 78 valence electrons. The maximum absolute atomic E-state index is 11.2. The summed E-state index contributed by atoms with van der Waals surface area (Å²) in [6.45, 7) is 5.37. The third kappa shape index (κ3) is 3.78. The zero-order valence-electron chi connectivity index (χ0n) is 8.38. The molecule has 5 nitrogen and oxygen atoms in total. The van der Waals surface area contributed by atoms with Crippen LogP contribution in [0.2, 0.25) is 0 Å². The summed E-state index contributed by atoms with van der Waals surface area (Å²) in [5.74, 6) is 1.01. The van der Waals surface area contributed by atoms with Crippen LogP contribution in [0.5, 0.6) is 0 Å². The minimum atomic E-state index is -0.522. The smallest absolute Gasteiger partial charge is 0.413 e. The molecule has 0 aromatic rings. The predicted octanol–water partition coefficient (Wildman–Crippen LogP) is 1.59. The van der Waals surface area contributed by atoms with Crippen molar-refractivity contribution in [3.63, 3.8) is 0 Å². The fourth-order valence-corrected chi connectivity index (χ4v) is 1.39. The molecule has 2 N–H and O–H groups in total. The van der Waals surface area contributed by atoms with Gasteiger partial charge in [-0.1, -0.05) is 11.8 Å². The van der Waals surface area contributed by atoms with E-state index in [1.54, 1.807) is 20.8 Å². The number of hydrogen-bond donors (Lipinski definition) is 2. The first-order valence-electron chi connectivity index (χ1n) is 4.16. The first-order chi connectivity index (χ1) is 6.37. The van der Waals surface area contributed by atoms with Crippen LogP contribution in [0.3, 0.4) is 0 Å². The van der Waals surface area contributed by atoms with Gasteiger partial charge in [-0.05, 0) is 20.8 Å². The van der Waals surface area contributed by atoms with Gasteiger partial charge in [0, 0.05) is 0 Å². The van der Waals surface area contributed by atoms with Crippen LogP contribution in [0.4, 0.5) is 4.79 Å². The number of ether oxygens (including phenoxy) is 1. The number of rotatable bonds is 0. The molecular weight excluding hydrogens is 202 g/mol. The topological polar surface area (TPSA) is 74.5 Å². The number of amidine groups is 2. The standard InChI is InChI=1S/C8H13N3O2S/c1-8(2,3)13-7(12)11-5-4-14-6(9)10-5/h4H2,1-3H3,(H2,9,10,11,12). The monoisotopic (exact) mass is 215 g/mol. The molecule has 0 radical (unpaired) electrons. The van der Waals surface area contributed by atoms with Gasteiger partial charge < -0.3 is 4.74 Å². The van der Waals surface area contributed by atoms with Gasteiger partial charge in [-0.15, -0.1) is 0 Å². The molecule has 0 bridgehead atoms. The number of nitrogens with zero attached hydrogens (tertiary/aromatic N) is 1. The van der Waals surface area contributed by atoms with Crippen LogP contribution in [-0.4, -0.2) is 28.5 Å². The molecule has 0 aromatic heterocycles. The second kappa shape index (κ2) is 4.00. The summed E-state index contributed by atoms with van der Waals surface area (Å²) in [5, 5.41) is 9.90. The molecule has 1 aliphatic heterocycles. The van der Waals surface area contributed by atoms with Crippen molar-refractivity contribution in [3.05, 3.63) is 0 Å². The number of nitrogens with one attached hydrogen (secondary N) is 2. The number of carbonyl (C=O) groups excluding carboxylic acids is 1. The molecule has 0 aromatic carbocycles. The number of hydrogen-bond acceptors (Lipinski definition) is 4. The fraction of sp³-hybridized carbons (Fsp3) is 0.625. The van der Waals surface area contributed by atoms with Crippen molar-refractivity contribution in [1.82, 2.24) is 5.32 Å². The fourth-order valence-electron chi connectivity index (χ4n) is 0.809. The van der Waals surface area contributed by atoms with E-state index in [1.165, 1.54) is 11.8 Å². The van der Waals surface area contributed by atoms with E-state index in [9.17, 15) is 4.79 Å². The quantitative estimate of drug-likeness (QED) is 0.644. The maximum Gasteiger partial charge on any atom is 0.413 e. The number of amides is 1. The lowest BCUT2D eigenvalue weighted by Crippen LogP contribution is -2.36. The van der Waals surface area contributed by atoms with E-state index >= 15 is 0 Å². The van der Waals surface area contributed by atoms with E-state index in [0.717, 1.165) is 0 Å². The van der Waals surface area contributed by atoms with E-state index in [0.29, 0.717) is 11.6 Å². The average molecular weight is 215 g/mol. The van der Waals surface area contributed by atoms with E-state index in [-0.39, 0.29) is 5.17 Å². The lowest BCUT2D eigenvalue weighted by molar-refractivity contribution is 0.0563. The molecule has 1 rings (SSSR count). The molecule has 14 heavy (non-hydrogen) atoms. The Morgan fingerprint density at radius 2 is 2.29 bits per heavy atom. The van der Waals surface area contributed by atoms with Gasteiger partial charge in [0.05, 0.1) is 5.75 Å². The Kier molecular flexibility index (Phi) is 3.15. The molecule has 6 heteroatoms. The van der Waals surface area contributed by atoms with Crippen LogP contribution in [0.1, 0.15) is 20.8 Å². The normalized spacial score (nSPS) is 16.5. The van der Waals surface area contributed by atoms with Crippen LogP contribution in [0.25, 0.3) is 0 Å². The molecule has 0 saturated carbocycles. The van der Waals surface area contributed by atoms with Gasteiger partial charge >= 0.3 is 6.09 Å². The summed E-state index contributed by atoms with van der Waals surface area (Å²) in [7, 11) is 0. The van der Waals surface area contributed by atoms with Gasteiger partial charge in [0.2, 0.25) is 0 Å². The molecule has 0 saturated heterocycles. The first-order valence-corrected chi connectivity index (χ1v) is 5.14. The summed E-state index contributed by atoms with van der Waals surface area (Å²) in [4.78, 5) is 15.0. The van der Waals surface area contributed by atoms with Crippen LogP contribution in [-0.2, 0) is 4.74 Å². The molecule has 1 aliphatic rings. The molecule has 0 aliphatic carbocycles. The maximum atomic E-state index is 11.2. The molecular formula is C8H13N3O2S. The Hall–Kier alpha value is -1.04. The average Bonchev–Trinajstić information content (AvgIpc) is 2.30. The summed E-state index contributed by atoms with van der Waals surface area (Å²) in [5.41, 5.74) is -0.510. The number of carbonyl (C=O) groups is 1. The highest BCUT2D eigenvalue weighted by atomic mass is 32.2. The van der Waals surface area contributed by atoms with E-state index in [4.69, 9.17) is 10.1 Å². The summed E-state index contributed by atoms with van der Waals surface area (Å²) >= 11 is 1.27. The van der Waals surface area contributed by atoms with Crippen LogP contribution < -0.4 is 5.32 Å². The molecule has 0 spiro atoms. The Bertz CT molecular complexity index is 293. The van der Waals surface area contributed by atoms with Crippen molar-refractivity contribution in [2.75, 3.05) is 5.75 Å². The molecule has 0 fully saturated rings. The Balaban J connectivity index is 2.42.